The summed E-state index contributed by atoms with van der Waals surface area (Å²) in [7, 11) is 0. The smallest absolute Gasteiger partial charge is 0.220 e. The van der Waals surface area contributed by atoms with Crippen molar-refractivity contribution < 1.29 is 39.8 Å². The molecule has 1 aliphatic heterocycles. The minimum atomic E-state index is -1.55. The zero-order valence-electron chi connectivity index (χ0n) is 35.7. The highest BCUT2D eigenvalue weighted by molar-refractivity contribution is 5.76. The summed E-state index contributed by atoms with van der Waals surface area (Å²) in [4.78, 5) is 13.0. The molecule has 6 N–H and O–H groups in total. The van der Waals surface area contributed by atoms with Crippen LogP contribution in [-0.4, -0.2) is 87.5 Å². The lowest BCUT2D eigenvalue weighted by atomic mass is 9.99. The Labute approximate surface area is 337 Å². The number of carbonyl (C=O) groups excluding carboxylic acids is 1. The van der Waals surface area contributed by atoms with Crippen molar-refractivity contribution in [3.05, 3.63) is 12.2 Å². The molecule has 0 bridgehead atoms. The van der Waals surface area contributed by atoms with Gasteiger partial charge in [-0.05, 0) is 38.5 Å². The van der Waals surface area contributed by atoms with E-state index in [-0.39, 0.29) is 12.5 Å². The molecule has 1 amide bonds. The zero-order chi connectivity index (χ0) is 40.2. The van der Waals surface area contributed by atoms with E-state index in [0.29, 0.717) is 12.8 Å². The van der Waals surface area contributed by atoms with Gasteiger partial charge < -0.3 is 40.3 Å². The monoisotopic (exact) mass is 784 g/mol. The number of aliphatic hydroxyl groups is 5. The zero-order valence-corrected chi connectivity index (χ0v) is 35.7. The lowest BCUT2D eigenvalue weighted by Gasteiger charge is -2.40. The molecule has 1 fully saturated rings. The van der Waals surface area contributed by atoms with Crippen molar-refractivity contribution in [2.75, 3.05) is 13.2 Å². The molecule has 1 aliphatic rings. The van der Waals surface area contributed by atoms with E-state index < -0.39 is 49.5 Å². The lowest BCUT2D eigenvalue weighted by Crippen LogP contribution is -2.60. The fourth-order valence-corrected chi connectivity index (χ4v) is 7.57. The molecule has 7 unspecified atom stereocenters. The lowest BCUT2D eigenvalue weighted by molar-refractivity contribution is -0.302. The molecule has 0 aromatic carbocycles. The Balaban J connectivity index is 2.33. The molecular formula is C46H89NO8. The van der Waals surface area contributed by atoms with E-state index in [2.05, 4.69) is 31.3 Å². The van der Waals surface area contributed by atoms with Gasteiger partial charge in [-0.1, -0.05) is 187 Å². The molecule has 1 heterocycles. The fraction of sp³-hybridized carbons (Fsp3) is 0.935. The van der Waals surface area contributed by atoms with Crippen LogP contribution >= 0.6 is 0 Å². The molecule has 0 aromatic rings. The van der Waals surface area contributed by atoms with E-state index in [1.54, 1.807) is 0 Å². The first-order chi connectivity index (χ1) is 26.8. The number of ether oxygens (including phenoxy) is 2. The maximum Gasteiger partial charge on any atom is 0.220 e. The number of rotatable bonds is 39. The van der Waals surface area contributed by atoms with Crippen LogP contribution in [0.25, 0.3) is 0 Å². The second kappa shape index (κ2) is 37.2. The van der Waals surface area contributed by atoms with Crippen molar-refractivity contribution in [1.82, 2.24) is 5.32 Å². The quantitative estimate of drug-likeness (QED) is 0.0267. The van der Waals surface area contributed by atoms with Crippen molar-refractivity contribution >= 4 is 5.91 Å². The third-order valence-electron chi connectivity index (χ3n) is 11.4. The largest absolute Gasteiger partial charge is 0.394 e. The van der Waals surface area contributed by atoms with Crippen molar-refractivity contribution in [3.8, 4) is 0 Å². The molecule has 9 heteroatoms. The van der Waals surface area contributed by atoms with Crippen molar-refractivity contribution in [1.29, 1.82) is 0 Å². The summed E-state index contributed by atoms with van der Waals surface area (Å²) >= 11 is 0. The Morgan fingerprint density at radius 3 is 1.47 bits per heavy atom. The summed E-state index contributed by atoms with van der Waals surface area (Å²) in [6.45, 7) is 3.83. The molecule has 9 nitrogen and oxygen atoms in total. The molecule has 0 saturated carbocycles. The van der Waals surface area contributed by atoms with Gasteiger partial charge in [0.15, 0.2) is 6.29 Å². The van der Waals surface area contributed by atoms with E-state index in [9.17, 15) is 30.3 Å². The van der Waals surface area contributed by atoms with Gasteiger partial charge in [0.25, 0.3) is 0 Å². The Hall–Kier alpha value is -1.07. The molecular weight excluding hydrogens is 695 g/mol. The number of carbonyl (C=O) groups is 1. The average Bonchev–Trinajstić information content (AvgIpc) is 3.18. The standard InChI is InChI=1S/C46H89NO8/c1-3-5-7-9-11-13-15-17-19-21-23-25-27-29-31-33-35-40(49)39(38-54-46-45(53)44(52)43(51)41(37-48)55-46)47-42(50)36-34-32-30-28-26-24-22-20-18-16-14-12-10-8-6-4-2/h20,22,39-41,43-46,48-49,51-53H,3-19,21,23-38H2,1-2H3,(H,47,50)/b22-20-. The minimum Gasteiger partial charge on any atom is -0.394 e. The van der Waals surface area contributed by atoms with Crippen LogP contribution in [0.3, 0.4) is 0 Å². The Morgan fingerprint density at radius 1 is 0.600 bits per heavy atom. The molecule has 0 aromatic heterocycles. The third-order valence-corrected chi connectivity index (χ3v) is 11.4. The van der Waals surface area contributed by atoms with Gasteiger partial charge in [0.05, 0.1) is 25.4 Å². The second-order valence-electron chi connectivity index (χ2n) is 16.6. The Bertz CT molecular complexity index is 873. The fourth-order valence-electron chi connectivity index (χ4n) is 7.57. The topological polar surface area (TPSA) is 149 Å². The second-order valence-corrected chi connectivity index (χ2v) is 16.6. The molecule has 0 radical (unpaired) electrons. The molecule has 55 heavy (non-hydrogen) atoms. The number of amides is 1. The van der Waals surface area contributed by atoms with Gasteiger partial charge in [0.2, 0.25) is 5.91 Å². The maximum atomic E-state index is 13.0. The Morgan fingerprint density at radius 2 is 1.02 bits per heavy atom. The number of allylic oxidation sites excluding steroid dienone is 2. The minimum absolute atomic E-state index is 0.138. The summed E-state index contributed by atoms with van der Waals surface area (Å²) < 4.78 is 11.3. The molecule has 0 aliphatic carbocycles. The van der Waals surface area contributed by atoms with Gasteiger partial charge in [-0.15, -0.1) is 0 Å². The van der Waals surface area contributed by atoms with E-state index in [1.807, 2.05) is 0 Å². The average molecular weight is 784 g/mol. The highest BCUT2D eigenvalue weighted by Gasteiger charge is 2.44. The number of aliphatic hydroxyl groups excluding tert-OH is 5. The molecule has 0 spiro atoms. The van der Waals surface area contributed by atoms with Crippen LogP contribution in [0, 0.1) is 0 Å². The van der Waals surface area contributed by atoms with E-state index >= 15 is 0 Å². The van der Waals surface area contributed by atoms with Crippen LogP contribution in [0.15, 0.2) is 12.2 Å². The van der Waals surface area contributed by atoms with Gasteiger partial charge in [0, 0.05) is 6.42 Å². The van der Waals surface area contributed by atoms with Gasteiger partial charge in [-0.3, -0.25) is 4.79 Å². The summed E-state index contributed by atoms with van der Waals surface area (Å²) in [5.41, 5.74) is 0. The predicted octanol–water partition coefficient (Wildman–Crippen LogP) is 9.73. The first-order valence-electron chi connectivity index (χ1n) is 23.4. The normalized spacial score (nSPS) is 21.3. The third kappa shape index (κ3) is 28.1. The predicted molar refractivity (Wildman–Crippen MR) is 226 cm³/mol. The van der Waals surface area contributed by atoms with Crippen LogP contribution in [0.1, 0.15) is 219 Å². The van der Waals surface area contributed by atoms with Crippen LogP contribution < -0.4 is 5.32 Å². The molecule has 7 atom stereocenters. The van der Waals surface area contributed by atoms with Crippen molar-refractivity contribution in [3.63, 3.8) is 0 Å². The molecule has 1 rings (SSSR count). The number of nitrogens with one attached hydrogen (secondary N) is 1. The first-order valence-corrected chi connectivity index (χ1v) is 23.4. The summed E-state index contributed by atoms with van der Waals surface area (Å²) in [5, 5.41) is 54.3. The van der Waals surface area contributed by atoms with Gasteiger partial charge in [0.1, 0.15) is 24.4 Å². The van der Waals surface area contributed by atoms with Gasteiger partial charge in [-0.25, -0.2) is 0 Å². The number of unbranched alkanes of at least 4 members (excludes halogenated alkanes) is 27. The van der Waals surface area contributed by atoms with Crippen LogP contribution in [0.2, 0.25) is 0 Å². The summed E-state index contributed by atoms with van der Waals surface area (Å²) in [6.07, 6.45) is 35.0. The van der Waals surface area contributed by atoms with Crippen molar-refractivity contribution in [2.45, 2.75) is 262 Å². The SMILES string of the molecule is CCCCCCCCC/C=C\CCCCCCCC(=O)NC(COC1OC(CO)C(O)C(O)C1O)C(O)CCCCCCCCCCCCCCCCCC. The Kier molecular flexibility index (Phi) is 35.2. The van der Waals surface area contributed by atoms with E-state index in [1.165, 1.54) is 141 Å². The number of hydrogen-bond donors (Lipinski definition) is 6. The molecule has 326 valence electrons. The molecule has 1 saturated heterocycles. The summed E-state index contributed by atoms with van der Waals surface area (Å²) in [5.74, 6) is -0.151. The van der Waals surface area contributed by atoms with Gasteiger partial charge >= 0.3 is 0 Å². The van der Waals surface area contributed by atoms with Crippen LogP contribution in [-0.2, 0) is 14.3 Å². The highest BCUT2D eigenvalue weighted by atomic mass is 16.7. The van der Waals surface area contributed by atoms with Gasteiger partial charge in [-0.2, -0.15) is 0 Å². The maximum absolute atomic E-state index is 13.0. The van der Waals surface area contributed by atoms with Crippen LogP contribution in [0.4, 0.5) is 0 Å². The van der Waals surface area contributed by atoms with Crippen LogP contribution in [0.5, 0.6) is 0 Å². The first kappa shape index (κ1) is 51.9. The number of hydrogen-bond acceptors (Lipinski definition) is 8. The summed E-state index contributed by atoms with van der Waals surface area (Å²) in [6, 6.07) is -0.718. The van der Waals surface area contributed by atoms with E-state index in [4.69, 9.17) is 9.47 Å². The highest BCUT2D eigenvalue weighted by Crippen LogP contribution is 2.23. The van der Waals surface area contributed by atoms with Crippen molar-refractivity contribution in [2.24, 2.45) is 0 Å². The van der Waals surface area contributed by atoms with E-state index in [0.717, 1.165) is 51.4 Å².